The summed E-state index contributed by atoms with van der Waals surface area (Å²) in [5.41, 5.74) is 5.29. The Morgan fingerprint density at radius 2 is 1.69 bits per heavy atom. The molecule has 188 valence electrons. The van der Waals surface area contributed by atoms with E-state index in [0.717, 1.165) is 41.7 Å². The van der Waals surface area contributed by atoms with E-state index in [9.17, 15) is 9.90 Å². The first-order valence-electron chi connectivity index (χ1n) is 12.7. The van der Waals surface area contributed by atoms with Gasteiger partial charge in [-0.3, -0.25) is 4.79 Å². The first-order chi connectivity index (χ1) is 16.5. The largest absolute Gasteiger partial charge is 0.489 e. The molecular formula is C31H40O4. The van der Waals surface area contributed by atoms with Gasteiger partial charge in [0.25, 0.3) is 0 Å². The molecule has 4 nitrogen and oxygen atoms in total. The van der Waals surface area contributed by atoms with Crippen molar-refractivity contribution in [1.82, 2.24) is 0 Å². The van der Waals surface area contributed by atoms with Gasteiger partial charge < -0.3 is 14.6 Å². The third kappa shape index (κ3) is 6.08. The van der Waals surface area contributed by atoms with Crippen molar-refractivity contribution in [3.63, 3.8) is 0 Å². The summed E-state index contributed by atoms with van der Waals surface area (Å²) in [6.45, 7) is 15.0. The highest BCUT2D eigenvalue weighted by Gasteiger charge is 2.32. The fourth-order valence-corrected chi connectivity index (χ4v) is 4.69. The average molecular weight is 477 g/mol. The number of aliphatic hydroxyl groups excluding tert-OH is 1. The maximum absolute atomic E-state index is 11.3. The Bertz CT molecular complexity index is 1110. The molecule has 0 saturated carbocycles. The summed E-state index contributed by atoms with van der Waals surface area (Å²) in [5, 5.41) is 10.3. The quantitative estimate of drug-likeness (QED) is 0.379. The van der Waals surface area contributed by atoms with E-state index in [0.29, 0.717) is 13.0 Å². The maximum atomic E-state index is 11.3. The molecule has 3 rings (SSSR count). The molecule has 1 aliphatic rings. The van der Waals surface area contributed by atoms with Crippen LogP contribution in [0, 0.1) is 31.1 Å². The van der Waals surface area contributed by atoms with Crippen LogP contribution in [0.15, 0.2) is 36.4 Å². The normalized spacial score (nSPS) is 16.9. The Balaban J connectivity index is 1.86. The molecule has 1 saturated heterocycles. The zero-order valence-corrected chi connectivity index (χ0v) is 22.3. The molecule has 1 N–H and O–H groups in total. The molecule has 35 heavy (non-hydrogen) atoms. The fraction of sp³-hybridized carbons (Fsp3) is 0.516. The standard InChI is InChI=1S/C31H40O4/c1-8-31(9-2,24-12-10-23(21(3)18-24)11-16-28(32)30(5,6)7)25-13-15-27(22(4)19-25)34-20-26-14-17-29(33)35-26/h10,12-13,15,18-19,26,28,32H,8-9,14,17,20H2,1-7H3/t26-,28?/m0/s1. The number of aliphatic hydroxyl groups is 1. The van der Waals surface area contributed by atoms with E-state index in [2.05, 4.69) is 69.9 Å². The van der Waals surface area contributed by atoms with E-state index < -0.39 is 6.10 Å². The van der Waals surface area contributed by atoms with E-state index in [4.69, 9.17) is 9.47 Å². The van der Waals surface area contributed by atoms with Gasteiger partial charge in [-0.1, -0.05) is 70.7 Å². The predicted octanol–water partition coefficient (Wildman–Crippen LogP) is 6.25. The first-order valence-corrected chi connectivity index (χ1v) is 12.7. The number of carbonyl (C=O) groups is 1. The Hall–Kier alpha value is -2.77. The lowest BCUT2D eigenvalue weighted by atomic mass is 9.70. The molecule has 1 aliphatic heterocycles. The van der Waals surface area contributed by atoms with Crippen LogP contribution in [-0.2, 0) is 14.9 Å². The lowest BCUT2D eigenvalue weighted by Crippen LogP contribution is -2.26. The third-order valence-corrected chi connectivity index (χ3v) is 7.27. The van der Waals surface area contributed by atoms with E-state index in [1.54, 1.807) is 0 Å². The molecule has 0 amide bonds. The number of carbonyl (C=O) groups excluding carboxylic acids is 1. The highest BCUT2D eigenvalue weighted by atomic mass is 16.6. The van der Waals surface area contributed by atoms with Gasteiger partial charge in [-0.15, -0.1) is 0 Å². The van der Waals surface area contributed by atoms with Crippen molar-refractivity contribution in [1.29, 1.82) is 0 Å². The first kappa shape index (κ1) is 26.8. The summed E-state index contributed by atoms with van der Waals surface area (Å²) in [6.07, 6.45) is 2.31. The molecule has 2 atom stereocenters. The molecule has 2 aromatic rings. The van der Waals surface area contributed by atoms with Crippen molar-refractivity contribution in [3.8, 4) is 17.6 Å². The lowest BCUT2D eigenvalue weighted by Gasteiger charge is -2.34. The van der Waals surface area contributed by atoms with Gasteiger partial charge in [0, 0.05) is 17.4 Å². The molecular weight excluding hydrogens is 436 g/mol. The van der Waals surface area contributed by atoms with Crippen LogP contribution in [0.2, 0.25) is 0 Å². The van der Waals surface area contributed by atoms with Crippen LogP contribution >= 0.6 is 0 Å². The van der Waals surface area contributed by atoms with Crippen LogP contribution in [0.4, 0.5) is 0 Å². The second-order valence-electron chi connectivity index (χ2n) is 10.8. The van der Waals surface area contributed by atoms with E-state index in [1.807, 2.05) is 26.8 Å². The van der Waals surface area contributed by atoms with Crippen molar-refractivity contribution < 1.29 is 19.4 Å². The molecule has 0 radical (unpaired) electrons. The van der Waals surface area contributed by atoms with Gasteiger partial charge in [0.05, 0.1) is 0 Å². The van der Waals surface area contributed by atoms with Crippen LogP contribution in [0.1, 0.15) is 88.1 Å². The molecule has 0 spiro atoms. The predicted molar refractivity (Wildman–Crippen MR) is 141 cm³/mol. The molecule has 1 fully saturated rings. The third-order valence-electron chi connectivity index (χ3n) is 7.27. The second-order valence-corrected chi connectivity index (χ2v) is 10.8. The molecule has 4 heteroatoms. The Kier molecular flexibility index (Phi) is 8.34. The van der Waals surface area contributed by atoms with Crippen LogP contribution in [-0.4, -0.2) is 29.9 Å². The fourth-order valence-electron chi connectivity index (χ4n) is 4.69. The summed E-state index contributed by atoms with van der Waals surface area (Å²) in [6, 6.07) is 12.9. The number of rotatable bonds is 7. The minimum atomic E-state index is -0.670. The Morgan fingerprint density at radius 1 is 1.06 bits per heavy atom. The van der Waals surface area contributed by atoms with E-state index in [-0.39, 0.29) is 22.9 Å². The topological polar surface area (TPSA) is 55.8 Å². The zero-order chi connectivity index (χ0) is 25.8. The lowest BCUT2D eigenvalue weighted by molar-refractivity contribution is -0.142. The average Bonchev–Trinajstić information content (AvgIpc) is 3.23. The van der Waals surface area contributed by atoms with Crippen molar-refractivity contribution in [2.24, 2.45) is 5.41 Å². The summed E-state index contributed by atoms with van der Waals surface area (Å²) in [7, 11) is 0. The number of ether oxygens (including phenoxy) is 2. The van der Waals surface area contributed by atoms with Gasteiger partial charge in [-0.05, 0) is 72.9 Å². The highest BCUT2D eigenvalue weighted by molar-refractivity contribution is 5.71. The van der Waals surface area contributed by atoms with Crippen LogP contribution in [0.3, 0.4) is 0 Å². The van der Waals surface area contributed by atoms with Gasteiger partial charge >= 0.3 is 5.97 Å². The number of hydrogen-bond acceptors (Lipinski definition) is 4. The minimum absolute atomic E-state index is 0.119. The minimum Gasteiger partial charge on any atom is -0.489 e. The number of esters is 1. The van der Waals surface area contributed by atoms with Gasteiger partial charge in [0.2, 0.25) is 0 Å². The number of hydrogen-bond donors (Lipinski definition) is 1. The van der Waals surface area contributed by atoms with Gasteiger partial charge in [-0.25, -0.2) is 0 Å². The Morgan fingerprint density at radius 3 is 2.20 bits per heavy atom. The summed E-state index contributed by atoms with van der Waals surface area (Å²) in [5.74, 6) is 6.88. The molecule has 1 heterocycles. The van der Waals surface area contributed by atoms with Crippen molar-refractivity contribution in [2.45, 2.75) is 91.8 Å². The molecule has 0 bridgehead atoms. The van der Waals surface area contributed by atoms with Crippen molar-refractivity contribution in [3.05, 3.63) is 64.2 Å². The molecule has 1 unspecified atom stereocenters. The molecule has 2 aromatic carbocycles. The maximum Gasteiger partial charge on any atom is 0.306 e. The number of benzene rings is 2. The Labute approximate surface area is 211 Å². The van der Waals surface area contributed by atoms with Gasteiger partial charge in [-0.2, -0.15) is 0 Å². The van der Waals surface area contributed by atoms with Crippen molar-refractivity contribution in [2.75, 3.05) is 6.61 Å². The second kappa shape index (κ2) is 10.9. The number of cyclic esters (lactones) is 1. The summed E-state index contributed by atoms with van der Waals surface area (Å²) in [4.78, 5) is 11.3. The SMILES string of the molecule is CCC(CC)(c1ccc(C#CC(O)C(C)(C)C)c(C)c1)c1ccc(OC[C@@H]2CCC(=O)O2)c(C)c1. The summed E-state index contributed by atoms with van der Waals surface area (Å²) < 4.78 is 11.3. The van der Waals surface area contributed by atoms with Gasteiger partial charge in [0.1, 0.15) is 24.6 Å². The number of aryl methyl sites for hydroxylation is 2. The summed E-state index contributed by atoms with van der Waals surface area (Å²) >= 11 is 0. The van der Waals surface area contributed by atoms with Crippen LogP contribution in [0.25, 0.3) is 0 Å². The highest BCUT2D eigenvalue weighted by Crippen LogP contribution is 2.41. The van der Waals surface area contributed by atoms with Crippen molar-refractivity contribution >= 4 is 5.97 Å². The van der Waals surface area contributed by atoms with Crippen LogP contribution in [0.5, 0.6) is 5.75 Å². The molecule has 0 aliphatic carbocycles. The van der Waals surface area contributed by atoms with Gasteiger partial charge in [0.15, 0.2) is 0 Å². The zero-order valence-electron chi connectivity index (χ0n) is 22.3. The monoisotopic (exact) mass is 476 g/mol. The van der Waals surface area contributed by atoms with E-state index in [1.165, 1.54) is 11.1 Å². The van der Waals surface area contributed by atoms with Crippen LogP contribution < -0.4 is 4.74 Å². The smallest absolute Gasteiger partial charge is 0.306 e. The molecule has 0 aromatic heterocycles. The van der Waals surface area contributed by atoms with E-state index >= 15 is 0 Å².